The predicted molar refractivity (Wildman–Crippen MR) is 94.8 cm³/mol. The molecule has 3 aromatic rings. The summed E-state index contributed by atoms with van der Waals surface area (Å²) in [5, 5.41) is 15.8. The summed E-state index contributed by atoms with van der Waals surface area (Å²) >= 11 is 4.63. The third-order valence-electron chi connectivity index (χ3n) is 3.97. The SMILES string of the molecule is O=c1onc(-c2nonc2SC2CCCNC2)n1-c1ccc(F)c(Br)c1. The molecule has 3 heterocycles. The van der Waals surface area contributed by atoms with Gasteiger partial charge in [-0.1, -0.05) is 16.9 Å². The summed E-state index contributed by atoms with van der Waals surface area (Å²) in [7, 11) is 0. The van der Waals surface area contributed by atoms with Gasteiger partial charge in [-0.2, -0.15) is 0 Å². The van der Waals surface area contributed by atoms with E-state index in [1.54, 1.807) is 0 Å². The van der Waals surface area contributed by atoms with Crippen LogP contribution in [0.5, 0.6) is 0 Å². The first kappa shape index (κ1) is 17.4. The van der Waals surface area contributed by atoms with E-state index in [1.807, 2.05) is 0 Å². The van der Waals surface area contributed by atoms with E-state index in [2.05, 4.69) is 36.7 Å². The van der Waals surface area contributed by atoms with Gasteiger partial charge in [0, 0.05) is 11.8 Å². The molecule has 136 valence electrons. The third kappa shape index (κ3) is 3.33. The summed E-state index contributed by atoms with van der Waals surface area (Å²) in [6.07, 6.45) is 2.12. The number of benzene rings is 1. The molecule has 8 nitrogen and oxygen atoms in total. The maximum atomic E-state index is 13.5. The first-order valence-corrected chi connectivity index (χ1v) is 9.55. The first-order chi connectivity index (χ1) is 12.6. The molecule has 1 aliphatic heterocycles. The van der Waals surface area contributed by atoms with Crippen LogP contribution in [-0.4, -0.2) is 38.4 Å². The van der Waals surface area contributed by atoms with Gasteiger partial charge in [0.1, 0.15) is 5.82 Å². The van der Waals surface area contributed by atoms with Crippen LogP contribution in [0.25, 0.3) is 17.2 Å². The Morgan fingerprint density at radius 3 is 3.00 bits per heavy atom. The van der Waals surface area contributed by atoms with Crippen LogP contribution in [0.4, 0.5) is 4.39 Å². The van der Waals surface area contributed by atoms with Gasteiger partial charge < -0.3 is 5.32 Å². The monoisotopic (exact) mass is 441 g/mol. The van der Waals surface area contributed by atoms with Gasteiger partial charge in [-0.25, -0.2) is 18.4 Å². The summed E-state index contributed by atoms with van der Waals surface area (Å²) in [5.41, 5.74) is 0.699. The zero-order valence-electron chi connectivity index (χ0n) is 13.3. The van der Waals surface area contributed by atoms with Gasteiger partial charge in [-0.3, -0.25) is 4.52 Å². The number of nitrogens with one attached hydrogen (secondary N) is 1. The Bertz CT molecular complexity index is 982. The topological polar surface area (TPSA) is 99.0 Å². The number of nitrogens with zero attached hydrogens (tertiary/aromatic N) is 4. The van der Waals surface area contributed by atoms with Gasteiger partial charge in [-0.05, 0) is 63.8 Å². The zero-order chi connectivity index (χ0) is 18.1. The van der Waals surface area contributed by atoms with Crippen molar-refractivity contribution in [3.63, 3.8) is 0 Å². The highest BCUT2D eigenvalue weighted by molar-refractivity contribution is 9.10. The van der Waals surface area contributed by atoms with Crippen molar-refractivity contribution < 1.29 is 13.5 Å². The zero-order valence-corrected chi connectivity index (χ0v) is 15.7. The van der Waals surface area contributed by atoms with E-state index in [1.165, 1.54) is 34.5 Å². The number of hydrogen-bond donors (Lipinski definition) is 1. The van der Waals surface area contributed by atoms with Crippen LogP contribution in [0.1, 0.15) is 12.8 Å². The Morgan fingerprint density at radius 1 is 1.35 bits per heavy atom. The minimum absolute atomic E-state index is 0.154. The molecular formula is C15H13BrFN5O3S. The van der Waals surface area contributed by atoms with Crippen LogP contribution >= 0.6 is 27.7 Å². The van der Waals surface area contributed by atoms with E-state index in [0.717, 1.165) is 25.9 Å². The Kier molecular flexibility index (Phi) is 4.92. The molecule has 1 saturated heterocycles. The fourth-order valence-corrected chi connectivity index (χ4v) is 4.21. The third-order valence-corrected chi connectivity index (χ3v) is 5.80. The molecule has 4 rings (SSSR count). The largest absolute Gasteiger partial charge is 0.446 e. The van der Waals surface area contributed by atoms with E-state index >= 15 is 0 Å². The maximum Gasteiger partial charge on any atom is 0.446 e. The predicted octanol–water partition coefficient (Wildman–Crippen LogP) is 2.62. The average Bonchev–Trinajstić information content (AvgIpc) is 3.24. The van der Waals surface area contributed by atoms with Crippen molar-refractivity contribution in [3.8, 4) is 17.2 Å². The Morgan fingerprint density at radius 2 is 2.23 bits per heavy atom. The lowest BCUT2D eigenvalue weighted by atomic mass is 10.2. The standard InChI is InChI=1S/C15H13BrFN5O3S/c16-10-6-8(3-4-11(10)17)22-13(20-24-15(22)23)12-14(21-25-19-12)26-9-2-1-5-18-7-9/h3-4,6,9,18H,1-2,5,7H2. The molecule has 0 bridgehead atoms. The second-order valence-electron chi connectivity index (χ2n) is 5.71. The lowest BCUT2D eigenvalue weighted by molar-refractivity contribution is 0.299. The molecule has 26 heavy (non-hydrogen) atoms. The van der Waals surface area contributed by atoms with E-state index in [9.17, 15) is 9.18 Å². The van der Waals surface area contributed by atoms with Crippen molar-refractivity contribution in [3.05, 3.63) is 39.0 Å². The van der Waals surface area contributed by atoms with Crippen LogP contribution in [0.3, 0.4) is 0 Å². The van der Waals surface area contributed by atoms with E-state index < -0.39 is 11.6 Å². The van der Waals surface area contributed by atoms with Gasteiger partial charge in [-0.15, -0.1) is 0 Å². The Hall–Kier alpha value is -1.98. The van der Waals surface area contributed by atoms with E-state index in [0.29, 0.717) is 21.7 Å². The van der Waals surface area contributed by atoms with Crippen LogP contribution in [0.2, 0.25) is 0 Å². The average molecular weight is 442 g/mol. The van der Waals surface area contributed by atoms with Crippen LogP contribution in [-0.2, 0) is 0 Å². The molecule has 0 spiro atoms. The number of thioether (sulfide) groups is 1. The number of hydrogen-bond acceptors (Lipinski definition) is 8. The Labute approximate surface area is 159 Å². The normalized spacial score (nSPS) is 17.5. The van der Waals surface area contributed by atoms with Crippen LogP contribution in [0.15, 0.2) is 41.6 Å². The summed E-state index contributed by atoms with van der Waals surface area (Å²) in [5.74, 6) is -0.998. The summed E-state index contributed by atoms with van der Waals surface area (Å²) < 4.78 is 24.6. The number of halogens is 2. The molecule has 1 aromatic carbocycles. The second kappa shape index (κ2) is 7.33. The molecule has 2 aromatic heterocycles. The van der Waals surface area contributed by atoms with Crippen LogP contribution in [0, 0.1) is 5.82 Å². The summed E-state index contributed by atoms with van der Waals surface area (Å²) in [4.78, 5) is 12.2. The van der Waals surface area contributed by atoms with Gasteiger partial charge in [0.05, 0.1) is 10.2 Å². The highest BCUT2D eigenvalue weighted by Gasteiger charge is 2.26. The fourth-order valence-electron chi connectivity index (χ4n) is 2.72. The van der Waals surface area contributed by atoms with Gasteiger partial charge in [0.2, 0.25) is 5.82 Å². The summed E-state index contributed by atoms with van der Waals surface area (Å²) in [6.45, 7) is 1.86. The van der Waals surface area contributed by atoms with Crippen molar-refractivity contribution in [1.29, 1.82) is 0 Å². The molecule has 1 unspecified atom stereocenters. The lowest BCUT2D eigenvalue weighted by Gasteiger charge is -2.20. The number of rotatable bonds is 4. The highest BCUT2D eigenvalue weighted by atomic mass is 79.9. The Balaban J connectivity index is 1.72. The fraction of sp³-hybridized carbons (Fsp3) is 0.333. The lowest BCUT2D eigenvalue weighted by Crippen LogP contribution is -2.31. The molecule has 1 aliphatic rings. The molecule has 0 amide bonds. The molecule has 1 atom stereocenters. The van der Waals surface area contributed by atoms with Crippen molar-refractivity contribution in [2.45, 2.75) is 23.1 Å². The number of piperidine rings is 1. The highest BCUT2D eigenvalue weighted by Crippen LogP contribution is 2.33. The van der Waals surface area contributed by atoms with Crippen molar-refractivity contribution in [1.82, 2.24) is 25.4 Å². The summed E-state index contributed by atoms with van der Waals surface area (Å²) in [6, 6.07) is 4.16. The van der Waals surface area contributed by atoms with Gasteiger partial charge in [0.15, 0.2) is 10.7 Å². The molecule has 0 radical (unpaired) electrons. The van der Waals surface area contributed by atoms with E-state index in [4.69, 9.17) is 9.15 Å². The molecule has 11 heteroatoms. The maximum absolute atomic E-state index is 13.5. The minimum atomic E-state index is -0.711. The van der Waals surface area contributed by atoms with E-state index in [-0.39, 0.29) is 10.3 Å². The van der Waals surface area contributed by atoms with Crippen molar-refractivity contribution in [2.75, 3.05) is 13.1 Å². The molecule has 1 N–H and O–H groups in total. The van der Waals surface area contributed by atoms with Crippen molar-refractivity contribution in [2.24, 2.45) is 0 Å². The van der Waals surface area contributed by atoms with Crippen molar-refractivity contribution >= 4 is 27.7 Å². The van der Waals surface area contributed by atoms with Gasteiger partial charge >= 0.3 is 5.76 Å². The second-order valence-corrected chi connectivity index (χ2v) is 7.85. The molecule has 1 fully saturated rings. The quantitative estimate of drug-likeness (QED) is 0.659. The van der Waals surface area contributed by atoms with Gasteiger partial charge in [0.25, 0.3) is 0 Å². The van der Waals surface area contributed by atoms with Crippen LogP contribution < -0.4 is 11.1 Å². The molecule has 0 saturated carbocycles. The molecule has 0 aliphatic carbocycles. The number of aromatic nitrogens is 4. The minimum Gasteiger partial charge on any atom is -0.316 e. The first-order valence-electron chi connectivity index (χ1n) is 7.88. The molecular weight excluding hydrogens is 429 g/mol. The smallest absolute Gasteiger partial charge is 0.316 e.